The number of benzene rings is 2. The van der Waals surface area contributed by atoms with Gasteiger partial charge >= 0.3 is 0 Å². The average Bonchev–Trinajstić information content (AvgIpc) is 3.15. The highest BCUT2D eigenvalue weighted by molar-refractivity contribution is 5.86. The second kappa shape index (κ2) is 7.28. The lowest BCUT2D eigenvalue weighted by Crippen LogP contribution is -2.44. The van der Waals surface area contributed by atoms with E-state index < -0.39 is 0 Å². The Labute approximate surface area is 148 Å². The van der Waals surface area contributed by atoms with Crippen molar-refractivity contribution < 1.29 is 9.53 Å². The quantitative estimate of drug-likeness (QED) is 0.932. The van der Waals surface area contributed by atoms with E-state index in [1.165, 1.54) is 24.0 Å². The van der Waals surface area contributed by atoms with Crippen LogP contribution in [0.2, 0.25) is 0 Å². The molecule has 1 N–H and O–H groups in total. The van der Waals surface area contributed by atoms with E-state index in [-0.39, 0.29) is 11.9 Å². The van der Waals surface area contributed by atoms with Crippen molar-refractivity contribution >= 4 is 11.6 Å². The van der Waals surface area contributed by atoms with Crippen molar-refractivity contribution in [1.82, 2.24) is 4.90 Å². The number of carbonyl (C=O) groups is 1. The van der Waals surface area contributed by atoms with Gasteiger partial charge in [-0.3, -0.25) is 4.79 Å². The molecular formula is C21H24N2O2. The van der Waals surface area contributed by atoms with E-state index in [4.69, 9.17) is 4.74 Å². The number of nitrogens with zero attached hydrogens (tertiary/aromatic N) is 1. The molecule has 0 aromatic heterocycles. The minimum atomic E-state index is -0.362. The van der Waals surface area contributed by atoms with Crippen molar-refractivity contribution in [1.29, 1.82) is 0 Å². The number of rotatable bonds is 4. The van der Waals surface area contributed by atoms with Crippen LogP contribution < -0.4 is 5.32 Å². The average molecular weight is 336 g/mol. The van der Waals surface area contributed by atoms with Crippen LogP contribution in [-0.2, 0) is 22.4 Å². The number of ether oxygens (including phenoxy) is 1. The van der Waals surface area contributed by atoms with Gasteiger partial charge in [-0.25, -0.2) is 0 Å². The summed E-state index contributed by atoms with van der Waals surface area (Å²) in [6.07, 6.45) is 3.54. The first kappa shape index (κ1) is 16.2. The maximum Gasteiger partial charge on any atom is 0.249 e. The molecule has 2 aromatic rings. The summed E-state index contributed by atoms with van der Waals surface area (Å²) in [6, 6.07) is 16.1. The smallest absolute Gasteiger partial charge is 0.249 e. The number of carbonyl (C=O) groups excluding carboxylic acids is 1. The molecule has 1 atom stereocenters. The van der Waals surface area contributed by atoms with Gasteiger partial charge in [0.1, 0.15) is 6.04 Å². The Kier molecular flexibility index (Phi) is 4.70. The van der Waals surface area contributed by atoms with Crippen LogP contribution in [0.3, 0.4) is 0 Å². The first-order chi connectivity index (χ1) is 12.3. The van der Waals surface area contributed by atoms with Gasteiger partial charge in [0, 0.05) is 18.8 Å². The SMILES string of the molecule is O=C(C(Nc1ccc2c(c1)CCC2)c1ccccc1)N1CCOCC1. The highest BCUT2D eigenvalue weighted by atomic mass is 16.5. The van der Waals surface area contributed by atoms with E-state index >= 15 is 0 Å². The van der Waals surface area contributed by atoms with E-state index in [0.717, 1.165) is 17.7 Å². The first-order valence-corrected chi connectivity index (χ1v) is 9.11. The van der Waals surface area contributed by atoms with Gasteiger partial charge in [0.2, 0.25) is 5.91 Å². The maximum absolute atomic E-state index is 13.1. The molecule has 0 bridgehead atoms. The molecule has 1 amide bonds. The molecule has 2 aliphatic rings. The number of morpholine rings is 1. The molecule has 1 fully saturated rings. The minimum Gasteiger partial charge on any atom is -0.378 e. The monoisotopic (exact) mass is 336 g/mol. The van der Waals surface area contributed by atoms with Crippen LogP contribution >= 0.6 is 0 Å². The normalized spacial score (nSPS) is 17.8. The Morgan fingerprint density at radius 3 is 2.56 bits per heavy atom. The van der Waals surface area contributed by atoms with E-state index in [1.807, 2.05) is 35.2 Å². The van der Waals surface area contributed by atoms with Crippen molar-refractivity contribution in [3.8, 4) is 0 Å². The number of hydrogen-bond donors (Lipinski definition) is 1. The van der Waals surface area contributed by atoms with Gasteiger partial charge in [0.25, 0.3) is 0 Å². The second-order valence-electron chi connectivity index (χ2n) is 6.76. The summed E-state index contributed by atoms with van der Waals surface area (Å²) in [4.78, 5) is 15.0. The molecule has 130 valence electrons. The van der Waals surface area contributed by atoms with Gasteiger partial charge in [0.15, 0.2) is 0 Å². The van der Waals surface area contributed by atoms with Crippen molar-refractivity contribution in [3.63, 3.8) is 0 Å². The predicted octanol–water partition coefficient (Wildman–Crippen LogP) is 3.19. The second-order valence-corrected chi connectivity index (χ2v) is 6.76. The molecule has 4 nitrogen and oxygen atoms in total. The number of anilines is 1. The number of aryl methyl sites for hydroxylation is 2. The molecule has 0 radical (unpaired) electrons. The summed E-state index contributed by atoms with van der Waals surface area (Å²) in [5, 5.41) is 3.49. The molecular weight excluding hydrogens is 312 g/mol. The molecule has 1 heterocycles. The maximum atomic E-state index is 13.1. The van der Waals surface area contributed by atoms with Gasteiger partial charge in [-0.05, 0) is 48.1 Å². The zero-order chi connectivity index (χ0) is 17.1. The molecule has 1 unspecified atom stereocenters. The van der Waals surface area contributed by atoms with E-state index in [1.54, 1.807) is 0 Å². The summed E-state index contributed by atoms with van der Waals surface area (Å²) in [5.41, 5.74) is 4.88. The van der Waals surface area contributed by atoms with Crippen LogP contribution in [0.4, 0.5) is 5.69 Å². The topological polar surface area (TPSA) is 41.6 Å². The fraction of sp³-hybridized carbons (Fsp3) is 0.381. The van der Waals surface area contributed by atoms with Gasteiger partial charge in [-0.2, -0.15) is 0 Å². The van der Waals surface area contributed by atoms with Gasteiger partial charge in [-0.1, -0.05) is 36.4 Å². The number of amides is 1. The number of fused-ring (bicyclic) bond motifs is 1. The summed E-state index contributed by atoms with van der Waals surface area (Å²) in [6.45, 7) is 2.56. The third-order valence-electron chi connectivity index (χ3n) is 5.11. The number of nitrogens with one attached hydrogen (secondary N) is 1. The van der Waals surface area contributed by atoms with Crippen molar-refractivity contribution in [2.75, 3.05) is 31.6 Å². The molecule has 0 saturated carbocycles. The molecule has 1 aliphatic carbocycles. The van der Waals surface area contributed by atoms with E-state index in [2.05, 4.69) is 23.5 Å². The van der Waals surface area contributed by atoms with Crippen LogP contribution in [0, 0.1) is 0 Å². The fourth-order valence-electron chi connectivity index (χ4n) is 3.73. The van der Waals surface area contributed by atoms with Crippen LogP contribution in [0.5, 0.6) is 0 Å². The Morgan fingerprint density at radius 1 is 1.00 bits per heavy atom. The third-order valence-corrected chi connectivity index (χ3v) is 5.11. The fourth-order valence-corrected chi connectivity index (χ4v) is 3.73. The van der Waals surface area contributed by atoms with Gasteiger partial charge in [0.05, 0.1) is 13.2 Å². The Morgan fingerprint density at radius 2 is 1.76 bits per heavy atom. The molecule has 25 heavy (non-hydrogen) atoms. The van der Waals surface area contributed by atoms with Crippen molar-refractivity contribution in [2.45, 2.75) is 25.3 Å². The highest BCUT2D eigenvalue weighted by Gasteiger charge is 2.27. The molecule has 1 saturated heterocycles. The summed E-state index contributed by atoms with van der Waals surface area (Å²) < 4.78 is 5.39. The highest BCUT2D eigenvalue weighted by Crippen LogP contribution is 2.28. The predicted molar refractivity (Wildman–Crippen MR) is 98.7 cm³/mol. The standard InChI is InChI=1S/C21H24N2O2/c24-21(23-11-13-25-14-12-23)20(17-5-2-1-3-6-17)22-19-10-9-16-7-4-8-18(16)15-19/h1-3,5-6,9-10,15,20,22H,4,7-8,11-14H2. The van der Waals surface area contributed by atoms with Crippen molar-refractivity contribution in [2.24, 2.45) is 0 Å². The Balaban J connectivity index is 1.60. The van der Waals surface area contributed by atoms with Gasteiger partial charge < -0.3 is 15.0 Å². The lowest BCUT2D eigenvalue weighted by Gasteiger charge is -2.31. The van der Waals surface area contributed by atoms with Crippen LogP contribution in [0.25, 0.3) is 0 Å². The summed E-state index contributed by atoms with van der Waals surface area (Å²) >= 11 is 0. The molecule has 4 heteroatoms. The van der Waals surface area contributed by atoms with E-state index in [0.29, 0.717) is 26.3 Å². The third kappa shape index (κ3) is 3.54. The van der Waals surface area contributed by atoms with Crippen LogP contribution in [0.1, 0.15) is 29.2 Å². The lowest BCUT2D eigenvalue weighted by atomic mass is 10.0. The zero-order valence-electron chi connectivity index (χ0n) is 14.4. The molecule has 2 aromatic carbocycles. The summed E-state index contributed by atoms with van der Waals surface area (Å²) in [7, 11) is 0. The lowest BCUT2D eigenvalue weighted by molar-refractivity contribution is -0.136. The molecule has 4 rings (SSSR count). The van der Waals surface area contributed by atoms with Crippen LogP contribution in [0.15, 0.2) is 48.5 Å². The largest absolute Gasteiger partial charge is 0.378 e. The van der Waals surface area contributed by atoms with Crippen molar-refractivity contribution in [3.05, 3.63) is 65.2 Å². The number of hydrogen-bond acceptors (Lipinski definition) is 3. The van der Waals surface area contributed by atoms with E-state index in [9.17, 15) is 4.79 Å². The minimum absolute atomic E-state index is 0.120. The summed E-state index contributed by atoms with van der Waals surface area (Å²) in [5.74, 6) is 0.120. The van der Waals surface area contributed by atoms with Gasteiger partial charge in [-0.15, -0.1) is 0 Å². The zero-order valence-corrected chi connectivity index (χ0v) is 14.4. The molecule has 0 spiro atoms. The Hall–Kier alpha value is -2.33. The van der Waals surface area contributed by atoms with Crippen LogP contribution in [-0.4, -0.2) is 37.1 Å². The Bertz CT molecular complexity index is 739. The first-order valence-electron chi connectivity index (χ1n) is 9.11. The molecule has 1 aliphatic heterocycles.